The Kier molecular flexibility index (Phi) is 4.97. The third kappa shape index (κ3) is 4.25. The summed E-state index contributed by atoms with van der Waals surface area (Å²) in [5.74, 6) is -0.0435. The maximum absolute atomic E-state index is 11.8. The number of nitrogens with one attached hydrogen (secondary N) is 1. The number of carbonyl (C=O) groups excluding carboxylic acids is 1. The van der Waals surface area contributed by atoms with Gasteiger partial charge in [0, 0.05) is 29.4 Å². The van der Waals surface area contributed by atoms with Crippen molar-refractivity contribution in [2.24, 2.45) is 0 Å². The van der Waals surface area contributed by atoms with E-state index in [4.69, 9.17) is 11.6 Å². The van der Waals surface area contributed by atoms with Crippen LogP contribution in [0.4, 0.5) is 0 Å². The van der Waals surface area contributed by atoms with E-state index < -0.39 is 0 Å². The van der Waals surface area contributed by atoms with Gasteiger partial charge < -0.3 is 5.32 Å². The molecule has 0 bridgehead atoms. The number of hydrogen-bond donors (Lipinski definition) is 1. The highest BCUT2D eigenvalue weighted by Crippen LogP contribution is 2.10. The van der Waals surface area contributed by atoms with Crippen molar-refractivity contribution in [2.45, 2.75) is 13.5 Å². The lowest BCUT2D eigenvalue weighted by Crippen LogP contribution is -2.05. The van der Waals surface area contributed by atoms with Crippen LogP contribution in [0.2, 0.25) is 5.02 Å². The quantitative estimate of drug-likeness (QED) is 0.661. The summed E-state index contributed by atoms with van der Waals surface area (Å²) in [4.78, 5) is 11.8. The van der Waals surface area contributed by atoms with Crippen LogP contribution in [-0.2, 0) is 6.54 Å². The third-order valence-corrected chi connectivity index (χ3v) is 3.16. The van der Waals surface area contributed by atoms with Crippen molar-refractivity contribution >= 4 is 17.4 Å². The Morgan fingerprint density at radius 1 is 1.10 bits per heavy atom. The van der Waals surface area contributed by atoms with Crippen LogP contribution in [0.3, 0.4) is 0 Å². The van der Waals surface area contributed by atoms with Crippen LogP contribution in [0.15, 0.2) is 60.8 Å². The van der Waals surface area contributed by atoms with Gasteiger partial charge in [0.05, 0.1) is 0 Å². The third-order valence-electron chi connectivity index (χ3n) is 2.91. The van der Waals surface area contributed by atoms with Gasteiger partial charge in [-0.2, -0.15) is 0 Å². The molecular weight excluding hydrogens is 270 g/mol. The second-order valence-corrected chi connectivity index (χ2v) is 5.01. The van der Waals surface area contributed by atoms with Gasteiger partial charge in [-0.15, -0.1) is 0 Å². The van der Waals surface area contributed by atoms with Gasteiger partial charge in [0.1, 0.15) is 0 Å². The van der Waals surface area contributed by atoms with Crippen LogP contribution < -0.4 is 5.32 Å². The number of halogens is 1. The highest BCUT2D eigenvalue weighted by atomic mass is 35.5. The van der Waals surface area contributed by atoms with Gasteiger partial charge in [0.2, 0.25) is 0 Å². The van der Waals surface area contributed by atoms with Crippen LogP contribution >= 0.6 is 11.6 Å². The molecule has 2 rings (SSSR count). The van der Waals surface area contributed by atoms with Gasteiger partial charge in [-0.1, -0.05) is 41.4 Å². The van der Waals surface area contributed by atoms with Crippen molar-refractivity contribution in [3.8, 4) is 0 Å². The average molecular weight is 286 g/mol. The average Bonchev–Trinajstić information content (AvgIpc) is 2.46. The summed E-state index contributed by atoms with van der Waals surface area (Å²) in [5.41, 5.74) is 3.05. The number of ketones is 1. The lowest BCUT2D eigenvalue weighted by molar-refractivity contribution is 0.104. The molecule has 0 aliphatic heterocycles. The van der Waals surface area contributed by atoms with Crippen molar-refractivity contribution in [2.75, 3.05) is 0 Å². The van der Waals surface area contributed by atoms with Crippen LogP contribution in [0.25, 0.3) is 0 Å². The maximum atomic E-state index is 11.8. The van der Waals surface area contributed by atoms with Crippen molar-refractivity contribution < 1.29 is 4.79 Å². The summed E-state index contributed by atoms with van der Waals surface area (Å²) in [6, 6.07) is 15.1. The van der Waals surface area contributed by atoms with E-state index in [0.717, 1.165) is 0 Å². The minimum absolute atomic E-state index is 0.0435. The van der Waals surface area contributed by atoms with E-state index in [2.05, 4.69) is 36.5 Å². The first kappa shape index (κ1) is 14.4. The number of aryl methyl sites for hydroxylation is 1. The number of rotatable bonds is 5. The Morgan fingerprint density at radius 3 is 2.40 bits per heavy atom. The number of hydrogen-bond acceptors (Lipinski definition) is 2. The fourth-order valence-electron chi connectivity index (χ4n) is 1.73. The summed E-state index contributed by atoms with van der Waals surface area (Å²) < 4.78 is 0. The van der Waals surface area contributed by atoms with E-state index in [0.29, 0.717) is 17.1 Å². The Labute approximate surface area is 124 Å². The largest absolute Gasteiger partial charge is 0.387 e. The van der Waals surface area contributed by atoms with E-state index in [-0.39, 0.29) is 5.78 Å². The number of allylic oxidation sites excluding steroid dienone is 1. The highest BCUT2D eigenvalue weighted by molar-refractivity contribution is 6.30. The zero-order chi connectivity index (χ0) is 14.4. The first-order chi connectivity index (χ1) is 9.65. The standard InChI is InChI=1S/C17H16ClNO/c1-13-2-4-14(5-3-13)12-19-11-10-17(20)15-6-8-16(18)9-7-15/h2-11,19H,12H2,1H3/b11-10+. The first-order valence-corrected chi connectivity index (χ1v) is 6.78. The van der Waals surface area contributed by atoms with Gasteiger partial charge in [-0.3, -0.25) is 4.79 Å². The lowest BCUT2D eigenvalue weighted by atomic mass is 10.1. The van der Waals surface area contributed by atoms with Crippen LogP contribution in [-0.4, -0.2) is 5.78 Å². The zero-order valence-electron chi connectivity index (χ0n) is 11.3. The molecular formula is C17H16ClNO. The summed E-state index contributed by atoms with van der Waals surface area (Å²) in [6.45, 7) is 2.76. The van der Waals surface area contributed by atoms with Crippen molar-refractivity contribution in [1.82, 2.24) is 5.32 Å². The van der Waals surface area contributed by atoms with Crippen molar-refractivity contribution in [3.63, 3.8) is 0 Å². The molecule has 0 aliphatic carbocycles. The molecule has 0 atom stereocenters. The molecule has 0 aliphatic rings. The van der Waals surface area contributed by atoms with E-state index >= 15 is 0 Å². The molecule has 0 radical (unpaired) electrons. The van der Waals surface area contributed by atoms with Gasteiger partial charge in [-0.25, -0.2) is 0 Å². The van der Waals surface area contributed by atoms with E-state index in [1.54, 1.807) is 30.5 Å². The molecule has 3 heteroatoms. The molecule has 0 amide bonds. The fraction of sp³-hybridized carbons (Fsp3) is 0.118. The molecule has 0 heterocycles. The molecule has 2 aromatic rings. The second-order valence-electron chi connectivity index (χ2n) is 4.57. The molecule has 2 nitrogen and oxygen atoms in total. The summed E-state index contributed by atoms with van der Waals surface area (Å²) in [6.07, 6.45) is 3.20. The summed E-state index contributed by atoms with van der Waals surface area (Å²) >= 11 is 5.78. The molecule has 102 valence electrons. The molecule has 2 aromatic carbocycles. The normalized spacial score (nSPS) is 10.7. The minimum atomic E-state index is -0.0435. The Bertz CT molecular complexity index is 600. The van der Waals surface area contributed by atoms with Crippen LogP contribution in [0.1, 0.15) is 21.5 Å². The van der Waals surface area contributed by atoms with Gasteiger partial charge in [0.25, 0.3) is 0 Å². The van der Waals surface area contributed by atoms with Gasteiger partial charge in [0.15, 0.2) is 5.78 Å². The van der Waals surface area contributed by atoms with Crippen molar-refractivity contribution in [3.05, 3.63) is 82.5 Å². The van der Waals surface area contributed by atoms with E-state index in [1.165, 1.54) is 17.2 Å². The SMILES string of the molecule is Cc1ccc(CN/C=C/C(=O)c2ccc(Cl)cc2)cc1. The molecule has 1 N–H and O–H groups in total. The molecule has 0 aromatic heterocycles. The lowest BCUT2D eigenvalue weighted by Gasteiger charge is -2.02. The maximum Gasteiger partial charge on any atom is 0.187 e. The molecule has 0 spiro atoms. The van der Waals surface area contributed by atoms with Crippen LogP contribution in [0, 0.1) is 6.92 Å². The Morgan fingerprint density at radius 2 is 1.75 bits per heavy atom. The van der Waals surface area contributed by atoms with E-state index in [1.807, 2.05) is 0 Å². The smallest absolute Gasteiger partial charge is 0.187 e. The Balaban J connectivity index is 1.85. The van der Waals surface area contributed by atoms with Crippen LogP contribution in [0.5, 0.6) is 0 Å². The number of carbonyl (C=O) groups is 1. The molecule has 0 saturated carbocycles. The number of benzene rings is 2. The van der Waals surface area contributed by atoms with Gasteiger partial charge in [-0.05, 0) is 36.8 Å². The van der Waals surface area contributed by atoms with Crippen molar-refractivity contribution in [1.29, 1.82) is 0 Å². The topological polar surface area (TPSA) is 29.1 Å². The molecule has 0 saturated heterocycles. The monoisotopic (exact) mass is 285 g/mol. The van der Waals surface area contributed by atoms with Gasteiger partial charge >= 0.3 is 0 Å². The predicted molar refractivity (Wildman–Crippen MR) is 82.9 cm³/mol. The summed E-state index contributed by atoms with van der Waals surface area (Å²) in [5, 5.41) is 3.73. The molecule has 20 heavy (non-hydrogen) atoms. The summed E-state index contributed by atoms with van der Waals surface area (Å²) in [7, 11) is 0. The Hall–Kier alpha value is -2.06. The predicted octanol–water partition coefficient (Wildman–Crippen LogP) is 4.13. The minimum Gasteiger partial charge on any atom is -0.387 e. The van der Waals surface area contributed by atoms with E-state index in [9.17, 15) is 4.79 Å². The fourth-order valence-corrected chi connectivity index (χ4v) is 1.85. The second kappa shape index (κ2) is 6.92. The zero-order valence-corrected chi connectivity index (χ0v) is 12.0. The highest BCUT2D eigenvalue weighted by Gasteiger charge is 2.00. The molecule has 0 fully saturated rings. The first-order valence-electron chi connectivity index (χ1n) is 6.40. The molecule has 0 unspecified atom stereocenters.